The van der Waals surface area contributed by atoms with Crippen LogP contribution in [0.1, 0.15) is 30.9 Å². The quantitative estimate of drug-likeness (QED) is 0.754. The van der Waals surface area contributed by atoms with Gasteiger partial charge in [-0.1, -0.05) is 18.2 Å². The predicted molar refractivity (Wildman–Crippen MR) is 94.5 cm³/mol. The Bertz CT molecular complexity index is 580. The lowest BCUT2D eigenvalue weighted by Crippen LogP contribution is -2.47. The molecule has 2 amide bonds. The number of amides is 2. The zero-order valence-electron chi connectivity index (χ0n) is 15.0. The average molecular weight is 366 g/mol. The zero-order valence-corrected chi connectivity index (χ0v) is 15.0. The van der Waals surface area contributed by atoms with E-state index in [2.05, 4.69) is 5.32 Å². The van der Waals surface area contributed by atoms with E-state index in [1.165, 1.54) is 6.07 Å². The Morgan fingerprint density at radius 2 is 2.19 bits per heavy atom. The fourth-order valence-corrected chi connectivity index (χ4v) is 3.23. The molecule has 144 valence electrons. The van der Waals surface area contributed by atoms with Crippen molar-refractivity contribution in [3.05, 3.63) is 35.6 Å². The maximum Gasteiger partial charge on any atom is 0.317 e. The maximum absolute atomic E-state index is 13.9. The molecule has 6 nitrogen and oxygen atoms in total. The third kappa shape index (κ3) is 5.40. The number of benzene rings is 1. The smallest absolute Gasteiger partial charge is 0.317 e. The van der Waals surface area contributed by atoms with Crippen LogP contribution in [-0.2, 0) is 14.2 Å². The van der Waals surface area contributed by atoms with Crippen molar-refractivity contribution in [1.29, 1.82) is 0 Å². The molecule has 0 spiro atoms. The van der Waals surface area contributed by atoms with Crippen LogP contribution in [0.4, 0.5) is 9.18 Å². The fraction of sp³-hybridized carbons (Fsp3) is 0.632. The average Bonchev–Trinajstić information content (AvgIpc) is 3.18. The van der Waals surface area contributed by atoms with Crippen molar-refractivity contribution in [2.75, 3.05) is 46.1 Å². The highest BCUT2D eigenvalue weighted by Gasteiger charge is 2.26. The summed E-state index contributed by atoms with van der Waals surface area (Å²) >= 11 is 0. The monoisotopic (exact) mass is 366 g/mol. The van der Waals surface area contributed by atoms with Crippen LogP contribution in [0.5, 0.6) is 0 Å². The summed E-state index contributed by atoms with van der Waals surface area (Å²) in [5, 5.41) is 2.89. The molecule has 2 heterocycles. The third-order valence-corrected chi connectivity index (χ3v) is 4.68. The number of urea groups is 1. The van der Waals surface area contributed by atoms with Crippen LogP contribution in [0.25, 0.3) is 0 Å². The highest BCUT2D eigenvalue weighted by Crippen LogP contribution is 2.24. The summed E-state index contributed by atoms with van der Waals surface area (Å²) in [6, 6.07) is 6.39. The first kappa shape index (κ1) is 19.1. The van der Waals surface area contributed by atoms with Crippen molar-refractivity contribution in [2.45, 2.75) is 31.5 Å². The van der Waals surface area contributed by atoms with Gasteiger partial charge in [-0.2, -0.15) is 0 Å². The Morgan fingerprint density at radius 1 is 1.31 bits per heavy atom. The topological polar surface area (TPSA) is 60.0 Å². The molecular weight excluding hydrogens is 339 g/mol. The summed E-state index contributed by atoms with van der Waals surface area (Å²) < 4.78 is 30.6. The van der Waals surface area contributed by atoms with Gasteiger partial charge in [-0.05, 0) is 25.3 Å². The molecule has 0 unspecified atom stereocenters. The SMILES string of the molecule is O=C(NCCCOC[C@@H]1CCCO1)N1CCO[C@@H](c2ccccc2F)C1. The van der Waals surface area contributed by atoms with E-state index in [1.807, 2.05) is 0 Å². The molecule has 2 aliphatic rings. The molecule has 0 aliphatic carbocycles. The number of nitrogens with one attached hydrogen (secondary N) is 1. The first-order chi connectivity index (χ1) is 12.7. The molecule has 7 heteroatoms. The second kappa shape index (κ2) is 9.85. The van der Waals surface area contributed by atoms with Gasteiger partial charge in [0.1, 0.15) is 11.9 Å². The number of carbonyl (C=O) groups is 1. The minimum Gasteiger partial charge on any atom is -0.379 e. The zero-order chi connectivity index (χ0) is 18.2. The van der Waals surface area contributed by atoms with Crippen molar-refractivity contribution in [3.8, 4) is 0 Å². The summed E-state index contributed by atoms with van der Waals surface area (Å²) in [6.07, 6.45) is 2.73. The molecule has 2 atom stereocenters. The lowest BCUT2D eigenvalue weighted by atomic mass is 10.1. The number of hydrogen-bond donors (Lipinski definition) is 1. The van der Waals surface area contributed by atoms with Gasteiger partial charge >= 0.3 is 6.03 Å². The summed E-state index contributed by atoms with van der Waals surface area (Å²) in [5.41, 5.74) is 0.493. The molecule has 0 bridgehead atoms. The highest BCUT2D eigenvalue weighted by atomic mass is 19.1. The second-order valence-corrected chi connectivity index (χ2v) is 6.62. The van der Waals surface area contributed by atoms with Crippen LogP contribution in [0, 0.1) is 5.82 Å². The third-order valence-electron chi connectivity index (χ3n) is 4.68. The molecule has 26 heavy (non-hydrogen) atoms. The number of rotatable bonds is 7. The summed E-state index contributed by atoms with van der Waals surface area (Å²) in [4.78, 5) is 14.0. The first-order valence-corrected chi connectivity index (χ1v) is 9.32. The minimum atomic E-state index is -0.426. The van der Waals surface area contributed by atoms with Crippen molar-refractivity contribution >= 4 is 6.03 Å². The number of nitrogens with zero attached hydrogens (tertiary/aromatic N) is 1. The molecular formula is C19H27FN2O4. The van der Waals surface area contributed by atoms with E-state index in [0.717, 1.165) is 25.9 Å². The lowest BCUT2D eigenvalue weighted by Gasteiger charge is -2.33. The van der Waals surface area contributed by atoms with Crippen molar-refractivity contribution < 1.29 is 23.4 Å². The second-order valence-electron chi connectivity index (χ2n) is 6.62. The Balaban J connectivity index is 1.34. The molecule has 0 saturated carbocycles. The van der Waals surface area contributed by atoms with Gasteiger partial charge in [0.05, 0.1) is 25.9 Å². The van der Waals surface area contributed by atoms with Gasteiger partial charge in [0.25, 0.3) is 0 Å². The largest absolute Gasteiger partial charge is 0.379 e. The molecule has 0 radical (unpaired) electrons. The van der Waals surface area contributed by atoms with Crippen LogP contribution in [0.2, 0.25) is 0 Å². The number of carbonyl (C=O) groups excluding carboxylic acids is 1. The number of morpholine rings is 1. The minimum absolute atomic E-state index is 0.145. The van der Waals surface area contributed by atoms with Gasteiger partial charge in [-0.25, -0.2) is 9.18 Å². The lowest BCUT2D eigenvalue weighted by molar-refractivity contribution is -0.0172. The molecule has 3 rings (SSSR count). The van der Waals surface area contributed by atoms with E-state index in [9.17, 15) is 9.18 Å². The van der Waals surface area contributed by atoms with Gasteiger partial charge in [0, 0.05) is 31.9 Å². The molecule has 1 aromatic rings. The van der Waals surface area contributed by atoms with E-state index < -0.39 is 6.10 Å². The standard InChI is InChI=1S/C19H27FN2O4/c20-17-7-2-1-6-16(17)18-13-22(9-12-26-18)19(23)21-8-4-10-24-14-15-5-3-11-25-15/h1-2,6-7,15,18H,3-5,8-14H2,(H,21,23)/t15-,18+/m0/s1. The summed E-state index contributed by atoms with van der Waals surface area (Å²) in [6.45, 7) is 3.86. The number of halogens is 1. The van der Waals surface area contributed by atoms with E-state index >= 15 is 0 Å². The summed E-state index contributed by atoms with van der Waals surface area (Å²) in [5.74, 6) is -0.303. The molecule has 2 fully saturated rings. The van der Waals surface area contributed by atoms with Crippen LogP contribution < -0.4 is 5.32 Å². The number of ether oxygens (including phenoxy) is 3. The van der Waals surface area contributed by atoms with Crippen molar-refractivity contribution in [3.63, 3.8) is 0 Å². The van der Waals surface area contributed by atoms with E-state index in [-0.39, 0.29) is 18.0 Å². The molecule has 2 saturated heterocycles. The first-order valence-electron chi connectivity index (χ1n) is 9.32. The molecule has 1 N–H and O–H groups in total. The molecule has 2 aliphatic heterocycles. The Kier molecular flexibility index (Phi) is 7.22. The Hall–Kier alpha value is -1.70. The van der Waals surface area contributed by atoms with Gasteiger partial charge in [-0.3, -0.25) is 0 Å². The van der Waals surface area contributed by atoms with E-state index in [0.29, 0.717) is 45.0 Å². The Labute approximate surface area is 153 Å². The van der Waals surface area contributed by atoms with Crippen molar-refractivity contribution in [2.24, 2.45) is 0 Å². The maximum atomic E-state index is 13.9. The predicted octanol–water partition coefficient (Wildman–Crippen LogP) is 2.49. The number of hydrogen-bond acceptors (Lipinski definition) is 4. The Morgan fingerprint density at radius 3 is 3.00 bits per heavy atom. The molecule has 0 aromatic heterocycles. The van der Waals surface area contributed by atoms with Gasteiger partial charge < -0.3 is 24.4 Å². The van der Waals surface area contributed by atoms with Gasteiger partial charge in [0.2, 0.25) is 0 Å². The van der Waals surface area contributed by atoms with Gasteiger partial charge in [-0.15, -0.1) is 0 Å². The van der Waals surface area contributed by atoms with Gasteiger partial charge in [0.15, 0.2) is 0 Å². The van der Waals surface area contributed by atoms with Crippen LogP contribution >= 0.6 is 0 Å². The molecule has 1 aromatic carbocycles. The summed E-state index contributed by atoms with van der Waals surface area (Å²) in [7, 11) is 0. The van der Waals surface area contributed by atoms with E-state index in [1.54, 1.807) is 23.1 Å². The van der Waals surface area contributed by atoms with Crippen LogP contribution in [-0.4, -0.2) is 63.1 Å². The van der Waals surface area contributed by atoms with Crippen LogP contribution in [0.3, 0.4) is 0 Å². The van der Waals surface area contributed by atoms with Crippen LogP contribution in [0.15, 0.2) is 24.3 Å². The highest BCUT2D eigenvalue weighted by molar-refractivity contribution is 5.74. The fourth-order valence-electron chi connectivity index (χ4n) is 3.23. The van der Waals surface area contributed by atoms with Crippen molar-refractivity contribution in [1.82, 2.24) is 10.2 Å². The van der Waals surface area contributed by atoms with E-state index in [4.69, 9.17) is 14.2 Å². The normalized spacial score (nSPS) is 23.2.